The number of nitrogens with zero attached hydrogens (tertiary/aromatic N) is 2. The minimum atomic E-state index is 0. The number of hydrogen-bond acceptors (Lipinski definition) is 3. The quantitative estimate of drug-likeness (QED) is 0.257. The monoisotopic (exact) mass is 426 g/mol. The zero-order valence-electron chi connectivity index (χ0n) is 14.7. The molecular formula is C16H35IN4O. The summed E-state index contributed by atoms with van der Waals surface area (Å²) in [4.78, 5) is 6.91. The van der Waals surface area contributed by atoms with Gasteiger partial charge in [-0.05, 0) is 45.2 Å². The summed E-state index contributed by atoms with van der Waals surface area (Å²) in [5.74, 6) is 1.60. The summed E-state index contributed by atoms with van der Waals surface area (Å²) in [5, 5.41) is 6.77. The molecular weight excluding hydrogens is 391 g/mol. The molecule has 1 fully saturated rings. The van der Waals surface area contributed by atoms with Gasteiger partial charge in [-0.15, -0.1) is 24.0 Å². The summed E-state index contributed by atoms with van der Waals surface area (Å²) < 4.78 is 5.33. The molecule has 1 rings (SSSR count). The molecule has 0 aromatic rings. The van der Waals surface area contributed by atoms with Crippen LogP contribution in [0.15, 0.2) is 4.99 Å². The molecule has 0 aromatic carbocycles. The van der Waals surface area contributed by atoms with Crippen molar-refractivity contribution in [3.63, 3.8) is 0 Å². The first kappa shape index (κ1) is 21.9. The van der Waals surface area contributed by atoms with Crippen LogP contribution in [0, 0.1) is 5.92 Å². The second-order valence-electron chi connectivity index (χ2n) is 6.10. The Hall–Kier alpha value is -0.0800. The van der Waals surface area contributed by atoms with Gasteiger partial charge in [-0.3, -0.25) is 9.89 Å². The van der Waals surface area contributed by atoms with E-state index in [0.717, 1.165) is 38.2 Å². The molecule has 0 saturated carbocycles. The van der Waals surface area contributed by atoms with Crippen molar-refractivity contribution in [3.05, 3.63) is 0 Å². The maximum Gasteiger partial charge on any atom is 0.191 e. The van der Waals surface area contributed by atoms with E-state index in [0.29, 0.717) is 6.04 Å². The lowest BCUT2D eigenvalue weighted by molar-refractivity contribution is 0.152. The molecule has 132 valence electrons. The lowest BCUT2D eigenvalue weighted by Crippen LogP contribution is -2.47. The van der Waals surface area contributed by atoms with Crippen LogP contribution in [0.2, 0.25) is 0 Å². The average molecular weight is 426 g/mol. The van der Waals surface area contributed by atoms with E-state index in [2.05, 4.69) is 34.4 Å². The van der Waals surface area contributed by atoms with Crippen LogP contribution in [-0.2, 0) is 4.74 Å². The van der Waals surface area contributed by atoms with Crippen molar-refractivity contribution in [2.45, 2.75) is 46.1 Å². The Labute approximate surface area is 153 Å². The summed E-state index contributed by atoms with van der Waals surface area (Å²) >= 11 is 0. The van der Waals surface area contributed by atoms with Gasteiger partial charge in [0.2, 0.25) is 0 Å². The number of likely N-dealkylation sites (tertiary alicyclic amines) is 1. The molecule has 0 spiro atoms. The van der Waals surface area contributed by atoms with Gasteiger partial charge in [0.05, 0.1) is 6.61 Å². The van der Waals surface area contributed by atoms with E-state index >= 15 is 0 Å². The third-order valence-corrected chi connectivity index (χ3v) is 3.87. The van der Waals surface area contributed by atoms with Gasteiger partial charge in [0.1, 0.15) is 0 Å². The highest BCUT2D eigenvalue weighted by molar-refractivity contribution is 14.0. The summed E-state index contributed by atoms with van der Waals surface area (Å²) in [6.07, 6.45) is 3.93. The topological polar surface area (TPSA) is 48.9 Å². The normalized spacial score (nSPS) is 17.4. The predicted octanol–water partition coefficient (Wildman–Crippen LogP) is 2.32. The van der Waals surface area contributed by atoms with Crippen molar-refractivity contribution in [1.82, 2.24) is 15.5 Å². The third-order valence-electron chi connectivity index (χ3n) is 3.87. The van der Waals surface area contributed by atoms with Crippen LogP contribution in [0.3, 0.4) is 0 Å². The van der Waals surface area contributed by atoms with Gasteiger partial charge in [-0.2, -0.15) is 0 Å². The van der Waals surface area contributed by atoms with E-state index in [9.17, 15) is 0 Å². The van der Waals surface area contributed by atoms with Crippen LogP contribution in [0.25, 0.3) is 0 Å². The fourth-order valence-electron chi connectivity index (χ4n) is 2.83. The minimum Gasteiger partial charge on any atom is -0.380 e. The summed E-state index contributed by atoms with van der Waals surface area (Å²) in [7, 11) is 1.82. The maximum atomic E-state index is 5.33. The van der Waals surface area contributed by atoms with Gasteiger partial charge < -0.3 is 15.4 Å². The van der Waals surface area contributed by atoms with Gasteiger partial charge in [-0.1, -0.05) is 13.8 Å². The number of rotatable bonds is 9. The second kappa shape index (κ2) is 13.4. The molecule has 0 radical (unpaired) electrons. The number of ether oxygens (including phenoxy) is 1. The Balaban J connectivity index is 0.00000441. The molecule has 1 unspecified atom stereocenters. The molecule has 1 aliphatic rings. The van der Waals surface area contributed by atoms with Crippen LogP contribution in [-0.4, -0.2) is 63.3 Å². The number of halogens is 1. The molecule has 22 heavy (non-hydrogen) atoms. The summed E-state index contributed by atoms with van der Waals surface area (Å²) in [6, 6.07) is 0.609. The van der Waals surface area contributed by atoms with Gasteiger partial charge in [0.25, 0.3) is 0 Å². The van der Waals surface area contributed by atoms with E-state index in [1.165, 1.54) is 32.4 Å². The smallest absolute Gasteiger partial charge is 0.191 e. The van der Waals surface area contributed by atoms with Crippen molar-refractivity contribution in [2.24, 2.45) is 10.9 Å². The summed E-state index contributed by atoms with van der Waals surface area (Å²) in [5.41, 5.74) is 0. The predicted molar refractivity (Wildman–Crippen MR) is 105 cm³/mol. The van der Waals surface area contributed by atoms with Crippen LogP contribution in [0.1, 0.15) is 40.0 Å². The van der Waals surface area contributed by atoms with E-state index in [4.69, 9.17) is 4.74 Å². The van der Waals surface area contributed by atoms with Gasteiger partial charge >= 0.3 is 0 Å². The molecule has 6 heteroatoms. The molecule has 2 N–H and O–H groups in total. The van der Waals surface area contributed by atoms with Crippen molar-refractivity contribution in [2.75, 3.05) is 46.4 Å². The molecule has 1 heterocycles. The van der Waals surface area contributed by atoms with Crippen molar-refractivity contribution in [3.8, 4) is 0 Å². The van der Waals surface area contributed by atoms with Crippen LogP contribution in [0.4, 0.5) is 0 Å². The molecule has 1 saturated heterocycles. The van der Waals surface area contributed by atoms with Crippen molar-refractivity contribution in [1.29, 1.82) is 0 Å². The average Bonchev–Trinajstić information content (AvgIpc) is 2.99. The van der Waals surface area contributed by atoms with Gasteiger partial charge in [0.15, 0.2) is 5.96 Å². The molecule has 1 atom stereocenters. The maximum absolute atomic E-state index is 5.33. The van der Waals surface area contributed by atoms with E-state index in [1.54, 1.807) is 0 Å². The van der Waals surface area contributed by atoms with E-state index in [-0.39, 0.29) is 24.0 Å². The first-order valence-corrected chi connectivity index (χ1v) is 8.43. The number of nitrogens with one attached hydrogen (secondary N) is 2. The Bertz CT molecular complexity index is 294. The Morgan fingerprint density at radius 3 is 2.45 bits per heavy atom. The third kappa shape index (κ3) is 9.15. The van der Waals surface area contributed by atoms with Crippen LogP contribution >= 0.6 is 24.0 Å². The molecule has 0 aliphatic carbocycles. The highest BCUT2D eigenvalue weighted by Crippen LogP contribution is 2.17. The Morgan fingerprint density at radius 2 is 1.91 bits per heavy atom. The molecule has 0 amide bonds. The molecule has 0 bridgehead atoms. The fourth-order valence-corrected chi connectivity index (χ4v) is 2.83. The minimum absolute atomic E-state index is 0. The summed E-state index contributed by atoms with van der Waals surface area (Å²) in [6.45, 7) is 12.4. The second-order valence-corrected chi connectivity index (χ2v) is 6.10. The zero-order valence-corrected chi connectivity index (χ0v) is 17.1. The highest BCUT2D eigenvalue weighted by atomic mass is 127. The number of hydrogen-bond donors (Lipinski definition) is 2. The molecule has 1 aliphatic heterocycles. The van der Waals surface area contributed by atoms with Crippen molar-refractivity contribution < 1.29 is 4.74 Å². The molecule has 0 aromatic heterocycles. The first-order chi connectivity index (χ1) is 10.2. The lowest BCUT2D eigenvalue weighted by Gasteiger charge is -2.29. The standard InChI is InChI=1S/C16H34N4O.HI/c1-5-21-11-8-18-16(17-4)19-13-15(12-14(2)3)20-9-6-7-10-20;/h14-15H,5-13H2,1-4H3,(H2,17,18,19);1H. The van der Waals surface area contributed by atoms with Crippen molar-refractivity contribution >= 4 is 29.9 Å². The Kier molecular flexibility index (Phi) is 13.3. The van der Waals surface area contributed by atoms with Gasteiger partial charge in [-0.25, -0.2) is 0 Å². The van der Waals surface area contributed by atoms with E-state index < -0.39 is 0 Å². The van der Waals surface area contributed by atoms with Crippen LogP contribution in [0.5, 0.6) is 0 Å². The number of guanidine groups is 1. The van der Waals surface area contributed by atoms with Gasteiger partial charge in [0, 0.05) is 32.8 Å². The highest BCUT2D eigenvalue weighted by Gasteiger charge is 2.22. The Morgan fingerprint density at radius 1 is 1.23 bits per heavy atom. The first-order valence-electron chi connectivity index (χ1n) is 8.43. The number of aliphatic imine (C=N–C) groups is 1. The largest absolute Gasteiger partial charge is 0.380 e. The molecule has 5 nitrogen and oxygen atoms in total. The SMILES string of the molecule is CCOCCNC(=NC)NCC(CC(C)C)N1CCCC1.I. The zero-order chi connectivity index (χ0) is 15.5. The lowest BCUT2D eigenvalue weighted by atomic mass is 10.0. The van der Waals surface area contributed by atoms with E-state index in [1.807, 2.05) is 14.0 Å². The fraction of sp³-hybridized carbons (Fsp3) is 0.938. The van der Waals surface area contributed by atoms with Crippen LogP contribution < -0.4 is 10.6 Å².